The summed E-state index contributed by atoms with van der Waals surface area (Å²) in [5, 5.41) is 0. The molecule has 2 heteroatoms. The average Bonchev–Trinajstić information content (AvgIpc) is 2.68. The van der Waals surface area contributed by atoms with Crippen molar-refractivity contribution in [2.45, 2.75) is 25.2 Å². The molecule has 1 aliphatic rings. The number of rotatable bonds is 2. The van der Waals surface area contributed by atoms with Gasteiger partial charge < -0.3 is 0 Å². The number of allylic oxidation sites excluding steroid dienone is 3. The van der Waals surface area contributed by atoms with Crippen LogP contribution in [-0.2, 0) is 0 Å². The molecule has 82 valence electrons. The quantitative estimate of drug-likeness (QED) is 0.731. The van der Waals surface area contributed by atoms with Crippen LogP contribution in [0.15, 0.2) is 57.4 Å². The molecule has 0 bridgehead atoms. The maximum Gasteiger partial charge on any atom is 0.0849 e. The van der Waals surface area contributed by atoms with Crippen molar-refractivity contribution in [1.82, 2.24) is 0 Å². The van der Waals surface area contributed by atoms with E-state index in [-0.39, 0.29) is 0 Å². The minimum absolute atomic E-state index is 1.02. The van der Waals surface area contributed by atoms with E-state index in [4.69, 9.17) is 0 Å². The van der Waals surface area contributed by atoms with Crippen molar-refractivity contribution in [3.63, 3.8) is 0 Å². The molecule has 1 aromatic carbocycles. The number of aliphatic imine (C=N–C) groups is 1. The maximum absolute atomic E-state index is 4.55. The van der Waals surface area contributed by atoms with Crippen LogP contribution in [0.5, 0.6) is 0 Å². The van der Waals surface area contributed by atoms with Gasteiger partial charge in [0.15, 0.2) is 0 Å². The highest BCUT2D eigenvalue weighted by Crippen LogP contribution is 2.40. The van der Waals surface area contributed by atoms with Gasteiger partial charge in [0.1, 0.15) is 0 Å². The minimum Gasteiger partial charge on any atom is -0.255 e. The number of fused-ring (bicyclic) bond motifs is 1. The molecule has 1 aliphatic heterocycles. The summed E-state index contributed by atoms with van der Waals surface area (Å²) >= 11 is 1.80. The number of nitrogens with zero attached hydrogens (tertiary/aromatic N) is 1. The average molecular weight is 229 g/mol. The number of hydrogen-bond acceptors (Lipinski definition) is 2. The molecular weight excluding hydrogens is 214 g/mol. The molecule has 0 saturated heterocycles. The Balaban J connectivity index is 2.42. The normalized spacial score (nSPS) is 19.9. The van der Waals surface area contributed by atoms with Gasteiger partial charge in [-0.25, -0.2) is 0 Å². The third-order valence-corrected chi connectivity index (χ3v) is 3.63. The second-order valence-corrected chi connectivity index (χ2v) is 4.61. The minimum atomic E-state index is 1.02. The van der Waals surface area contributed by atoms with E-state index in [2.05, 4.69) is 55.3 Å². The van der Waals surface area contributed by atoms with Gasteiger partial charge in [0.05, 0.1) is 5.71 Å². The fourth-order valence-corrected chi connectivity index (χ4v) is 2.65. The first-order valence-electron chi connectivity index (χ1n) is 5.53. The van der Waals surface area contributed by atoms with E-state index >= 15 is 0 Å². The second kappa shape index (κ2) is 5.17. The highest BCUT2D eigenvalue weighted by atomic mass is 32.2. The third kappa shape index (κ3) is 2.12. The summed E-state index contributed by atoms with van der Waals surface area (Å²) in [5.74, 6) is 0. The van der Waals surface area contributed by atoms with Crippen LogP contribution in [0.1, 0.15) is 25.8 Å². The molecule has 0 aliphatic carbocycles. The molecule has 0 unspecified atom stereocenters. The largest absolute Gasteiger partial charge is 0.255 e. The fourth-order valence-electron chi connectivity index (χ4n) is 1.61. The Labute approximate surface area is 101 Å². The lowest BCUT2D eigenvalue weighted by Gasteiger charge is -1.97. The lowest BCUT2D eigenvalue weighted by molar-refractivity contribution is 1.21. The van der Waals surface area contributed by atoms with Gasteiger partial charge in [0.2, 0.25) is 0 Å². The maximum atomic E-state index is 4.55. The topological polar surface area (TPSA) is 12.4 Å². The summed E-state index contributed by atoms with van der Waals surface area (Å²) in [6.07, 6.45) is 7.13. The van der Waals surface area contributed by atoms with Gasteiger partial charge in [0, 0.05) is 21.6 Å². The standard InChI is InChI=1S/C14H15NS/c1-3-5-10-15-14-11-8-6-7-9-13(11)16-12(14)4-2/h4-10H,3H2,1-2H3/b10-5+,12-4+,15-14-. The van der Waals surface area contributed by atoms with E-state index in [0.717, 1.165) is 12.1 Å². The Morgan fingerprint density at radius 2 is 2.12 bits per heavy atom. The molecule has 0 aromatic heterocycles. The molecule has 1 nitrogen and oxygen atoms in total. The van der Waals surface area contributed by atoms with Gasteiger partial charge in [-0.3, -0.25) is 4.99 Å². The summed E-state index contributed by atoms with van der Waals surface area (Å²) in [6, 6.07) is 8.42. The molecule has 0 amide bonds. The van der Waals surface area contributed by atoms with Gasteiger partial charge >= 0.3 is 0 Å². The van der Waals surface area contributed by atoms with Crippen molar-refractivity contribution in [2.75, 3.05) is 0 Å². The number of thioether (sulfide) groups is 1. The molecule has 0 atom stereocenters. The molecule has 0 fully saturated rings. The van der Waals surface area contributed by atoms with Gasteiger partial charge in [0.25, 0.3) is 0 Å². The van der Waals surface area contributed by atoms with Crippen molar-refractivity contribution in [3.05, 3.63) is 53.1 Å². The summed E-state index contributed by atoms with van der Waals surface area (Å²) in [4.78, 5) is 7.11. The zero-order chi connectivity index (χ0) is 11.4. The Hall–Kier alpha value is -1.28. The monoisotopic (exact) mass is 229 g/mol. The lowest BCUT2D eigenvalue weighted by atomic mass is 10.1. The summed E-state index contributed by atoms with van der Waals surface area (Å²) in [5.41, 5.74) is 2.36. The highest BCUT2D eigenvalue weighted by molar-refractivity contribution is 8.04. The first kappa shape index (κ1) is 11.2. The van der Waals surface area contributed by atoms with Crippen LogP contribution in [-0.4, -0.2) is 5.71 Å². The van der Waals surface area contributed by atoms with Crippen molar-refractivity contribution < 1.29 is 0 Å². The molecule has 0 saturated carbocycles. The zero-order valence-electron chi connectivity index (χ0n) is 9.60. The van der Waals surface area contributed by atoms with Crippen LogP contribution in [0, 0.1) is 0 Å². The zero-order valence-corrected chi connectivity index (χ0v) is 10.4. The van der Waals surface area contributed by atoms with Crippen LogP contribution in [0.2, 0.25) is 0 Å². The molecule has 1 heterocycles. The fraction of sp³-hybridized carbons (Fsp3) is 0.214. The molecule has 1 aromatic rings. The van der Waals surface area contributed by atoms with Gasteiger partial charge in [-0.1, -0.05) is 49.0 Å². The van der Waals surface area contributed by atoms with Gasteiger partial charge in [-0.05, 0) is 19.4 Å². The Kier molecular flexibility index (Phi) is 3.62. The van der Waals surface area contributed by atoms with Crippen LogP contribution >= 0.6 is 11.8 Å². The van der Waals surface area contributed by atoms with Gasteiger partial charge in [-0.2, -0.15) is 0 Å². The smallest absolute Gasteiger partial charge is 0.0849 e. The van der Waals surface area contributed by atoms with E-state index in [1.165, 1.54) is 15.4 Å². The van der Waals surface area contributed by atoms with Crippen molar-refractivity contribution in [2.24, 2.45) is 4.99 Å². The number of hydrogen-bond donors (Lipinski definition) is 0. The molecule has 0 spiro atoms. The predicted octanol–water partition coefficient (Wildman–Crippen LogP) is 4.41. The second-order valence-electron chi connectivity index (χ2n) is 3.52. The third-order valence-electron chi connectivity index (χ3n) is 2.40. The molecule has 0 radical (unpaired) electrons. The Bertz CT molecular complexity index is 469. The Morgan fingerprint density at radius 3 is 2.88 bits per heavy atom. The SMILES string of the molecule is C/C=C1/Sc2ccccc2/C1=N/C=C/CC. The van der Waals surface area contributed by atoms with Crippen LogP contribution < -0.4 is 0 Å². The van der Waals surface area contributed by atoms with Crippen molar-refractivity contribution in [1.29, 1.82) is 0 Å². The lowest BCUT2D eigenvalue weighted by Crippen LogP contribution is -1.95. The summed E-state index contributed by atoms with van der Waals surface area (Å²) in [7, 11) is 0. The molecular formula is C14H15NS. The Morgan fingerprint density at radius 1 is 1.31 bits per heavy atom. The summed E-state index contributed by atoms with van der Waals surface area (Å²) < 4.78 is 0. The predicted molar refractivity (Wildman–Crippen MR) is 72.0 cm³/mol. The van der Waals surface area contributed by atoms with E-state index in [0.29, 0.717) is 0 Å². The van der Waals surface area contributed by atoms with Crippen molar-refractivity contribution in [3.8, 4) is 0 Å². The molecule has 2 rings (SSSR count). The van der Waals surface area contributed by atoms with E-state index in [1.54, 1.807) is 11.8 Å². The first-order chi connectivity index (χ1) is 7.86. The van der Waals surface area contributed by atoms with Gasteiger partial charge in [-0.15, -0.1) is 0 Å². The number of benzene rings is 1. The van der Waals surface area contributed by atoms with E-state index in [1.807, 2.05) is 6.20 Å². The van der Waals surface area contributed by atoms with Crippen LogP contribution in [0.25, 0.3) is 0 Å². The highest BCUT2D eigenvalue weighted by Gasteiger charge is 2.21. The van der Waals surface area contributed by atoms with Crippen LogP contribution in [0.4, 0.5) is 0 Å². The molecule has 16 heavy (non-hydrogen) atoms. The van der Waals surface area contributed by atoms with Crippen molar-refractivity contribution >= 4 is 17.5 Å². The first-order valence-corrected chi connectivity index (χ1v) is 6.35. The van der Waals surface area contributed by atoms with E-state index in [9.17, 15) is 0 Å². The molecule has 0 N–H and O–H groups in total. The van der Waals surface area contributed by atoms with Crippen LogP contribution in [0.3, 0.4) is 0 Å². The summed E-state index contributed by atoms with van der Waals surface area (Å²) in [6.45, 7) is 4.18. The van der Waals surface area contributed by atoms with E-state index < -0.39 is 0 Å².